The first-order valence-electron chi connectivity index (χ1n) is 5.86. The molecule has 1 aromatic carbocycles. The quantitative estimate of drug-likeness (QED) is 0.877. The highest BCUT2D eigenvalue weighted by molar-refractivity contribution is 6.31. The first kappa shape index (κ1) is 13.3. The molecule has 0 saturated carbocycles. The van der Waals surface area contributed by atoms with Gasteiger partial charge in [0.05, 0.1) is 12.1 Å². The van der Waals surface area contributed by atoms with Gasteiger partial charge in [-0.2, -0.15) is 0 Å². The molecule has 0 radical (unpaired) electrons. The summed E-state index contributed by atoms with van der Waals surface area (Å²) in [5, 5.41) is 13.0. The Morgan fingerprint density at radius 1 is 1.56 bits per heavy atom. The number of anilines is 1. The Labute approximate surface area is 112 Å². The number of halogens is 1. The van der Waals surface area contributed by atoms with Crippen LogP contribution < -0.4 is 5.32 Å². The summed E-state index contributed by atoms with van der Waals surface area (Å²) in [7, 11) is 0. The van der Waals surface area contributed by atoms with Gasteiger partial charge in [-0.15, -0.1) is 0 Å². The number of hydrogen-bond donors (Lipinski definition) is 2. The molecule has 0 aliphatic carbocycles. The van der Waals surface area contributed by atoms with Gasteiger partial charge in [0.25, 0.3) is 0 Å². The Morgan fingerprint density at radius 2 is 2.22 bits per heavy atom. The molecule has 1 saturated heterocycles. The maximum atomic E-state index is 11.7. The van der Waals surface area contributed by atoms with E-state index < -0.39 is 5.60 Å². The van der Waals surface area contributed by atoms with E-state index in [1.54, 1.807) is 13.0 Å². The van der Waals surface area contributed by atoms with Crippen LogP contribution in [0.25, 0.3) is 0 Å². The van der Waals surface area contributed by atoms with E-state index in [1.807, 2.05) is 24.0 Å². The van der Waals surface area contributed by atoms with Gasteiger partial charge in [-0.25, -0.2) is 0 Å². The summed E-state index contributed by atoms with van der Waals surface area (Å²) in [6.45, 7) is 5.04. The monoisotopic (exact) mass is 268 g/mol. The van der Waals surface area contributed by atoms with E-state index in [0.29, 0.717) is 30.3 Å². The molecular weight excluding hydrogens is 252 g/mol. The summed E-state index contributed by atoms with van der Waals surface area (Å²) in [5.41, 5.74) is 1.03. The van der Waals surface area contributed by atoms with Crippen LogP contribution in [0.4, 0.5) is 5.69 Å². The number of β-amino-alcohol motifs (C(OH)–C–C–N with tert-alkyl or cyclic N) is 1. The first-order valence-corrected chi connectivity index (χ1v) is 6.24. The molecule has 98 valence electrons. The minimum atomic E-state index is -0.645. The second-order valence-corrected chi connectivity index (χ2v) is 5.56. The van der Waals surface area contributed by atoms with Crippen molar-refractivity contribution in [1.29, 1.82) is 0 Å². The second kappa shape index (κ2) is 4.88. The number of aryl methyl sites for hydroxylation is 1. The van der Waals surface area contributed by atoms with Crippen molar-refractivity contribution in [3.63, 3.8) is 0 Å². The zero-order chi connectivity index (χ0) is 13.3. The third-order valence-corrected chi connectivity index (χ3v) is 3.36. The molecule has 1 fully saturated rings. The number of benzene rings is 1. The lowest BCUT2D eigenvalue weighted by molar-refractivity contribution is -0.125. The van der Waals surface area contributed by atoms with Crippen molar-refractivity contribution < 1.29 is 9.90 Å². The predicted octanol–water partition coefficient (Wildman–Crippen LogP) is 1.65. The van der Waals surface area contributed by atoms with E-state index in [-0.39, 0.29) is 5.91 Å². The molecule has 1 heterocycles. The average Bonchev–Trinajstić information content (AvgIpc) is 2.21. The minimum absolute atomic E-state index is 0.0922. The minimum Gasteiger partial charge on any atom is -0.388 e. The summed E-state index contributed by atoms with van der Waals surface area (Å²) in [6.07, 6.45) is 0. The molecule has 5 heteroatoms. The van der Waals surface area contributed by atoms with E-state index in [9.17, 15) is 9.90 Å². The first-order chi connectivity index (χ1) is 8.35. The van der Waals surface area contributed by atoms with Gasteiger partial charge in [0.2, 0.25) is 5.91 Å². The molecular formula is C13H17ClN2O2. The van der Waals surface area contributed by atoms with Crippen LogP contribution in [-0.4, -0.2) is 41.1 Å². The second-order valence-electron chi connectivity index (χ2n) is 5.15. The molecule has 0 spiro atoms. The normalized spacial score (nSPS) is 18.2. The lowest BCUT2D eigenvalue weighted by Crippen LogP contribution is -2.61. The molecule has 1 aromatic rings. The molecule has 0 bridgehead atoms. The van der Waals surface area contributed by atoms with Crippen molar-refractivity contribution >= 4 is 23.2 Å². The van der Waals surface area contributed by atoms with Gasteiger partial charge in [0, 0.05) is 23.8 Å². The number of likely N-dealkylation sites (tertiary alicyclic amines) is 1. The Hall–Kier alpha value is -1.10. The molecule has 1 amide bonds. The van der Waals surface area contributed by atoms with Crippen LogP contribution in [0.15, 0.2) is 18.2 Å². The van der Waals surface area contributed by atoms with Gasteiger partial charge in [-0.1, -0.05) is 17.7 Å². The third kappa shape index (κ3) is 3.22. The van der Waals surface area contributed by atoms with Crippen molar-refractivity contribution in [2.24, 2.45) is 0 Å². The van der Waals surface area contributed by atoms with E-state index in [4.69, 9.17) is 11.6 Å². The number of nitrogens with zero attached hydrogens (tertiary/aromatic N) is 1. The van der Waals surface area contributed by atoms with Crippen molar-refractivity contribution in [2.75, 3.05) is 25.0 Å². The van der Waals surface area contributed by atoms with Crippen LogP contribution >= 0.6 is 11.6 Å². The number of aliphatic hydroxyl groups is 1. The van der Waals surface area contributed by atoms with E-state index in [2.05, 4.69) is 5.32 Å². The van der Waals surface area contributed by atoms with Gasteiger partial charge < -0.3 is 10.4 Å². The molecule has 2 rings (SSSR count). The number of carbonyl (C=O) groups excluding carboxylic acids is 1. The Morgan fingerprint density at radius 3 is 2.78 bits per heavy atom. The Bertz CT molecular complexity index is 466. The van der Waals surface area contributed by atoms with Crippen LogP contribution in [0.2, 0.25) is 5.02 Å². The fourth-order valence-electron chi connectivity index (χ4n) is 2.10. The van der Waals surface area contributed by atoms with Crippen LogP contribution in [0.3, 0.4) is 0 Å². The predicted molar refractivity (Wildman–Crippen MR) is 71.9 cm³/mol. The summed E-state index contributed by atoms with van der Waals surface area (Å²) >= 11 is 5.98. The molecule has 4 nitrogen and oxygen atoms in total. The van der Waals surface area contributed by atoms with Crippen molar-refractivity contribution in [3.8, 4) is 0 Å². The number of carbonyl (C=O) groups is 1. The van der Waals surface area contributed by atoms with Crippen molar-refractivity contribution in [3.05, 3.63) is 28.8 Å². The summed E-state index contributed by atoms with van der Waals surface area (Å²) < 4.78 is 0. The van der Waals surface area contributed by atoms with Gasteiger partial charge >= 0.3 is 0 Å². The highest BCUT2D eigenvalue weighted by atomic mass is 35.5. The maximum Gasteiger partial charge on any atom is 0.238 e. The van der Waals surface area contributed by atoms with Crippen LogP contribution in [-0.2, 0) is 4.79 Å². The number of rotatable bonds is 3. The number of nitrogens with one attached hydrogen (secondary N) is 1. The zero-order valence-corrected chi connectivity index (χ0v) is 11.3. The van der Waals surface area contributed by atoms with Crippen molar-refractivity contribution in [2.45, 2.75) is 19.4 Å². The standard InChI is InChI=1S/C13H17ClN2O2/c1-9-3-4-10(5-11(9)14)15-12(17)6-16-7-13(2,18)8-16/h3-5,18H,6-8H2,1-2H3,(H,15,17). The maximum absolute atomic E-state index is 11.7. The fourth-order valence-corrected chi connectivity index (χ4v) is 2.28. The molecule has 0 atom stereocenters. The van der Waals surface area contributed by atoms with Gasteiger partial charge in [-0.05, 0) is 31.5 Å². The fraction of sp³-hybridized carbons (Fsp3) is 0.462. The van der Waals surface area contributed by atoms with Gasteiger partial charge in [0.15, 0.2) is 0 Å². The number of amides is 1. The van der Waals surface area contributed by atoms with Gasteiger partial charge in [0.1, 0.15) is 0 Å². The number of hydrogen-bond acceptors (Lipinski definition) is 3. The lowest BCUT2D eigenvalue weighted by Gasteiger charge is -2.43. The summed E-state index contributed by atoms with van der Waals surface area (Å²) in [5.74, 6) is -0.0922. The third-order valence-electron chi connectivity index (χ3n) is 2.95. The smallest absolute Gasteiger partial charge is 0.238 e. The highest BCUT2D eigenvalue weighted by Gasteiger charge is 2.37. The van der Waals surface area contributed by atoms with Gasteiger partial charge in [-0.3, -0.25) is 9.69 Å². The van der Waals surface area contributed by atoms with Crippen molar-refractivity contribution in [1.82, 2.24) is 4.90 Å². The molecule has 18 heavy (non-hydrogen) atoms. The molecule has 0 aromatic heterocycles. The topological polar surface area (TPSA) is 52.6 Å². The highest BCUT2D eigenvalue weighted by Crippen LogP contribution is 2.21. The molecule has 2 N–H and O–H groups in total. The largest absolute Gasteiger partial charge is 0.388 e. The molecule has 1 aliphatic rings. The Balaban J connectivity index is 1.86. The SMILES string of the molecule is Cc1ccc(NC(=O)CN2CC(C)(O)C2)cc1Cl. The van der Waals surface area contributed by atoms with Crippen LogP contribution in [0.1, 0.15) is 12.5 Å². The molecule has 0 unspecified atom stereocenters. The zero-order valence-electron chi connectivity index (χ0n) is 10.5. The van der Waals surface area contributed by atoms with E-state index in [1.165, 1.54) is 0 Å². The lowest BCUT2D eigenvalue weighted by atomic mass is 9.97. The van der Waals surface area contributed by atoms with E-state index >= 15 is 0 Å². The molecule has 1 aliphatic heterocycles. The summed E-state index contributed by atoms with van der Waals surface area (Å²) in [4.78, 5) is 13.6. The Kier molecular flexibility index (Phi) is 3.61. The average molecular weight is 269 g/mol. The van der Waals surface area contributed by atoms with Crippen LogP contribution in [0.5, 0.6) is 0 Å². The van der Waals surface area contributed by atoms with Crippen LogP contribution in [0, 0.1) is 6.92 Å². The summed E-state index contributed by atoms with van der Waals surface area (Å²) in [6, 6.07) is 5.43. The van der Waals surface area contributed by atoms with E-state index in [0.717, 1.165) is 5.56 Å².